The van der Waals surface area contributed by atoms with Crippen molar-refractivity contribution in [3.05, 3.63) is 47.5 Å². The molecule has 0 amide bonds. The summed E-state index contributed by atoms with van der Waals surface area (Å²) in [5.74, 6) is -0.421. The van der Waals surface area contributed by atoms with Crippen molar-refractivity contribution in [2.45, 2.75) is 37.6 Å². The van der Waals surface area contributed by atoms with Gasteiger partial charge in [0.1, 0.15) is 5.60 Å². The number of ether oxygens (including phenoxy) is 3. The van der Waals surface area contributed by atoms with E-state index in [0.717, 1.165) is 12.0 Å². The molecule has 21 heavy (non-hydrogen) atoms. The fourth-order valence-electron chi connectivity index (χ4n) is 3.24. The molecule has 1 aromatic rings. The van der Waals surface area contributed by atoms with Crippen LogP contribution in [0.1, 0.15) is 30.1 Å². The number of benzene rings is 1. The van der Waals surface area contributed by atoms with Crippen molar-refractivity contribution in [3.8, 4) is 0 Å². The molecule has 4 nitrogen and oxygen atoms in total. The Hall–Kier alpha value is -1.65. The zero-order chi connectivity index (χ0) is 15.0. The van der Waals surface area contributed by atoms with E-state index in [1.54, 1.807) is 0 Å². The Kier molecular flexibility index (Phi) is 3.59. The molecule has 0 bridgehead atoms. The minimum Gasteiger partial charge on any atom is -0.466 e. The Morgan fingerprint density at radius 2 is 2.10 bits per heavy atom. The molecule has 4 heteroatoms. The molecule has 0 saturated carbocycles. The normalized spacial score (nSPS) is 31.0. The Morgan fingerprint density at radius 3 is 2.76 bits per heavy atom. The summed E-state index contributed by atoms with van der Waals surface area (Å²) in [6.45, 7) is 6.54. The fourth-order valence-corrected chi connectivity index (χ4v) is 3.24. The van der Waals surface area contributed by atoms with Crippen LogP contribution in [0.2, 0.25) is 0 Å². The van der Waals surface area contributed by atoms with E-state index in [1.807, 2.05) is 0 Å². The van der Waals surface area contributed by atoms with E-state index in [1.165, 1.54) is 12.7 Å². The van der Waals surface area contributed by atoms with Gasteiger partial charge in [0.2, 0.25) is 0 Å². The maximum absolute atomic E-state index is 11.9. The number of carbonyl (C=O) groups excluding carboxylic acids is 1. The maximum Gasteiger partial charge on any atom is 0.336 e. The molecule has 0 spiro atoms. The zero-order valence-corrected chi connectivity index (χ0v) is 12.4. The fraction of sp³-hybridized carbons (Fsp3) is 0.471. The number of carbonyl (C=O) groups is 1. The minimum atomic E-state index is -0.733. The second-order valence-electron chi connectivity index (χ2n) is 5.72. The zero-order valence-electron chi connectivity index (χ0n) is 12.4. The second-order valence-corrected chi connectivity index (χ2v) is 5.72. The van der Waals surface area contributed by atoms with Crippen molar-refractivity contribution >= 4 is 5.97 Å². The molecule has 2 aliphatic rings. The second kappa shape index (κ2) is 5.28. The first-order valence-electron chi connectivity index (χ1n) is 7.20. The van der Waals surface area contributed by atoms with Gasteiger partial charge >= 0.3 is 5.97 Å². The average molecular weight is 288 g/mol. The molecule has 0 N–H and O–H groups in total. The number of fused-ring (bicyclic) bond motifs is 1. The van der Waals surface area contributed by atoms with Gasteiger partial charge in [-0.25, -0.2) is 4.79 Å². The van der Waals surface area contributed by atoms with E-state index < -0.39 is 11.6 Å². The van der Waals surface area contributed by atoms with Crippen molar-refractivity contribution in [1.82, 2.24) is 0 Å². The molecule has 0 radical (unpaired) electrons. The van der Waals surface area contributed by atoms with Crippen LogP contribution in [0.3, 0.4) is 0 Å². The summed E-state index contributed by atoms with van der Waals surface area (Å²) in [6.07, 6.45) is 1.18. The number of hydrogen-bond donors (Lipinski definition) is 0. The molecular formula is C17H20O4. The number of rotatable bonds is 3. The molecular weight excluding hydrogens is 268 g/mol. The highest BCUT2D eigenvalue weighted by Crippen LogP contribution is 2.50. The van der Waals surface area contributed by atoms with Crippen LogP contribution in [0.5, 0.6) is 0 Å². The number of methoxy groups -OCH3 is 1. The lowest BCUT2D eigenvalue weighted by molar-refractivity contribution is -0.139. The van der Waals surface area contributed by atoms with Gasteiger partial charge in [-0.05, 0) is 12.5 Å². The lowest BCUT2D eigenvalue weighted by atomic mass is 9.85. The van der Waals surface area contributed by atoms with E-state index in [-0.39, 0.29) is 12.2 Å². The third-order valence-corrected chi connectivity index (χ3v) is 4.47. The molecule has 2 fully saturated rings. The van der Waals surface area contributed by atoms with E-state index in [4.69, 9.17) is 14.2 Å². The van der Waals surface area contributed by atoms with Crippen molar-refractivity contribution in [2.75, 3.05) is 13.7 Å². The highest BCUT2D eigenvalue weighted by atomic mass is 16.6. The molecule has 0 aliphatic carbocycles. The molecule has 1 aromatic carbocycles. The SMILES string of the molecule is C=C(C(=O)OC)C12CC(c3ccc(C)cc3)OC1CCO2. The molecule has 3 atom stereocenters. The van der Waals surface area contributed by atoms with Gasteiger partial charge in [-0.2, -0.15) is 0 Å². The standard InChI is InChI=1S/C17H20O4/c1-11-4-6-13(7-5-11)14-10-17(12(2)16(18)19-3)15(21-14)8-9-20-17/h4-7,14-15H,2,8-10H2,1,3H3. The average Bonchev–Trinajstić information content (AvgIpc) is 3.04. The van der Waals surface area contributed by atoms with Gasteiger partial charge in [0.15, 0.2) is 0 Å². The highest BCUT2D eigenvalue weighted by Gasteiger charge is 2.56. The number of hydrogen-bond acceptors (Lipinski definition) is 4. The Bertz CT molecular complexity index is 563. The first-order chi connectivity index (χ1) is 10.1. The van der Waals surface area contributed by atoms with E-state index >= 15 is 0 Å². The van der Waals surface area contributed by atoms with Crippen LogP contribution in [0, 0.1) is 6.92 Å². The van der Waals surface area contributed by atoms with Crippen LogP contribution in [0.15, 0.2) is 36.4 Å². The van der Waals surface area contributed by atoms with Crippen LogP contribution in [-0.4, -0.2) is 31.4 Å². The van der Waals surface area contributed by atoms with Crippen molar-refractivity contribution in [3.63, 3.8) is 0 Å². The number of esters is 1. The third kappa shape index (κ3) is 2.28. The topological polar surface area (TPSA) is 44.8 Å². The van der Waals surface area contributed by atoms with E-state index in [2.05, 4.69) is 37.8 Å². The minimum absolute atomic E-state index is 0.0719. The number of aryl methyl sites for hydroxylation is 1. The van der Waals surface area contributed by atoms with Crippen molar-refractivity contribution in [1.29, 1.82) is 0 Å². The first-order valence-corrected chi connectivity index (χ1v) is 7.20. The quantitative estimate of drug-likeness (QED) is 0.633. The smallest absolute Gasteiger partial charge is 0.336 e. The summed E-state index contributed by atoms with van der Waals surface area (Å²) in [6, 6.07) is 8.26. The first kappa shape index (κ1) is 14.3. The van der Waals surface area contributed by atoms with Gasteiger partial charge in [-0.15, -0.1) is 0 Å². The van der Waals surface area contributed by atoms with Crippen molar-refractivity contribution < 1.29 is 19.0 Å². The van der Waals surface area contributed by atoms with E-state index in [0.29, 0.717) is 18.6 Å². The van der Waals surface area contributed by atoms with Gasteiger partial charge in [-0.3, -0.25) is 0 Å². The monoisotopic (exact) mass is 288 g/mol. The Labute approximate surface area is 124 Å². The van der Waals surface area contributed by atoms with Crippen LogP contribution >= 0.6 is 0 Å². The summed E-state index contributed by atoms with van der Waals surface area (Å²) in [5, 5.41) is 0. The summed E-state index contributed by atoms with van der Waals surface area (Å²) in [7, 11) is 1.36. The molecule has 3 rings (SSSR count). The Morgan fingerprint density at radius 1 is 1.38 bits per heavy atom. The maximum atomic E-state index is 11.9. The van der Waals surface area contributed by atoms with Gasteiger partial charge in [0.25, 0.3) is 0 Å². The molecule has 2 saturated heterocycles. The van der Waals surface area contributed by atoms with Crippen LogP contribution < -0.4 is 0 Å². The summed E-state index contributed by atoms with van der Waals surface area (Å²) < 4.78 is 16.8. The summed E-state index contributed by atoms with van der Waals surface area (Å²) >= 11 is 0. The third-order valence-electron chi connectivity index (χ3n) is 4.47. The molecule has 112 valence electrons. The van der Waals surface area contributed by atoms with Crippen LogP contribution in [-0.2, 0) is 19.0 Å². The van der Waals surface area contributed by atoms with Gasteiger partial charge in [0, 0.05) is 12.8 Å². The molecule has 2 heterocycles. The molecule has 0 aromatic heterocycles. The van der Waals surface area contributed by atoms with E-state index in [9.17, 15) is 4.79 Å². The van der Waals surface area contributed by atoms with Gasteiger partial charge in [0.05, 0.1) is 31.5 Å². The molecule has 3 unspecified atom stereocenters. The predicted molar refractivity (Wildman–Crippen MR) is 77.9 cm³/mol. The molecule has 2 aliphatic heterocycles. The van der Waals surface area contributed by atoms with Crippen LogP contribution in [0.4, 0.5) is 0 Å². The van der Waals surface area contributed by atoms with Crippen LogP contribution in [0.25, 0.3) is 0 Å². The summed E-state index contributed by atoms with van der Waals surface area (Å²) in [4.78, 5) is 11.9. The predicted octanol–water partition coefficient (Wildman–Crippen LogP) is 2.71. The largest absolute Gasteiger partial charge is 0.466 e. The van der Waals surface area contributed by atoms with Gasteiger partial charge < -0.3 is 14.2 Å². The lowest BCUT2D eigenvalue weighted by Gasteiger charge is -2.27. The van der Waals surface area contributed by atoms with Crippen molar-refractivity contribution in [2.24, 2.45) is 0 Å². The lowest BCUT2D eigenvalue weighted by Crippen LogP contribution is -2.40. The van der Waals surface area contributed by atoms with Gasteiger partial charge in [-0.1, -0.05) is 36.4 Å². The highest BCUT2D eigenvalue weighted by molar-refractivity contribution is 5.90. The Balaban J connectivity index is 1.86. The summed E-state index contributed by atoms with van der Waals surface area (Å²) in [5.41, 5.74) is 1.95.